The molecule has 0 saturated heterocycles. The zero-order valence-corrected chi connectivity index (χ0v) is 15.4. The summed E-state index contributed by atoms with van der Waals surface area (Å²) in [6.07, 6.45) is -11.1. The maximum absolute atomic E-state index is 13.4. The fourth-order valence-electron chi connectivity index (χ4n) is 2.59. The van der Waals surface area contributed by atoms with Crippen LogP contribution in [0.25, 0.3) is 0 Å². The Morgan fingerprint density at radius 3 is 1.97 bits per heavy atom. The Labute approximate surface area is 173 Å². The molecule has 0 fully saturated rings. The maximum Gasteiger partial charge on any atom is 0.416 e. The molecule has 0 spiro atoms. The summed E-state index contributed by atoms with van der Waals surface area (Å²) in [6.45, 7) is 0. The van der Waals surface area contributed by atoms with Crippen LogP contribution >= 0.6 is 0 Å². The highest BCUT2D eigenvalue weighted by Crippen LogP contribution is 2.36. The molecule has 0 aromatic heterocycles. The third-order valence-corrected chi connectivity index (χ3v) is 4.10. The number of nitro benzene ring substituents is 1. The molecule has 2 aromatic carbocycles. The number of rotatable bonds is 6. The number of hydrogen-bond acceptors (Lipinski definition) is 4. The number of alkyl halides is 6. The second kappa shape index (κ2) is 8.80. The van der Waals surface area contributed by atoms with Crippen LogP contribution in [0.1, 0.15) is 27.0 Å². The number of carbonyl (C=O) groups excluding carboxylic acids is 1. The molecule has 32 heavy (non-hydrogen) atoms. The van der Waals surface area contributed by atoms with Crippen LogP contribution in [0.3, 0.4) is 0 Å². The highest BCUT2D eigenvalue weighted by molar-refractivity contribution is 5.97. The molecular weight excluding hydrogens is 457 g/mol. The molecule has 0 aliphatic heterocycles. The van der Waals surface area contributed by atoms with Crippen LogP contribution in [0, 0.1) is 15.9 Å². The van der Waals surface area contributed by atoms with E-state index in [-0.39, 0.29) is 23.8 Å². The summed E-state index contributed by atoms with van der Waals surface area (Å²) in [5.74, 6) is -4.53. The summed E-state index contributed by atoms with van der Waals surface area (Å²) < 4.78 is 91.0. The Hall–Kier alpha value is -3.71. The van der Waals surface area contributed by atoms with Crippen molar-refractivity contribution in [3.8, 4) is 0 Å². The average Bonchev–Trinajstić information content (AvgIpc) is 2.66. The SMILES string of the molecule is O=C(N[C@@H](Cc1ccc(F)c([N+](=O)[O-])c1)C(=O)O)c1cc(C(F)(F)F)cc(C(F)(F)F)c1. The minimum absolute atomic E-state index is 0.117. The predicted octanol–water partition coefficient (Wildman–Crippen LogP) is 4.20. The van der Waals surface area contributed by atoms with Gasteiger partial charge in [-0.15, -0.1) is 0 Å². The summed E-state index contributed by atoms with van der Waals surface area (Å²) in [7, 11) is 0. The number of nitro groups is 1. The number of carbonyl (C=O) groups is 2. The Balaban J connectivity index is 2.37. The Morgan fingerprint density at radius 1 is 1.00 bits per heavy atom. The number of halogens is 7. The summed E-state index contributed by atoms with van der Waals surface area (Å²) in [5, 5.41) is 21.8. The van der Waals surface area contributed by atoms with Crippen molar-refractivity contribution >= 4 is 17.6 Å². The van der Waals surface area contributed by atoms with Crippen LogP contribution in [-0.4, -0.2) is 27.9 Å². The van der Waals surface area contributed by atoms with E-state index in [1.165, 1.54) is 0 Å². The average molecular weight is 468 g/mol. The quantitative estimate of drug-likeness (QED) is 0.375. The van der Waals surface area contributed by atoms with Crippen molar-refractivity contribution < 1.29 is 50.4 Å². The van der Waals surface area contributed by atoms with E-state index in [2.05, 4.69) is 0 Å². The molecule has 0 unspecified atom stereocenters. The lowest BCUT2D eigenvalue weighted by molar-refractivity contribution is -0.387. The molecule has 0 aliphatic carbocycles. The van der Waals surface area contributed by atoms with Gasteiger partial charge in [-0.2, -0.15) is 30.7 Å². The van der Waals surface area contributed by atoms with E-state index in [1.807, 2.05) is 0 Å². The molecule has 1 atom stereocenters. The van der Waals surface area contributed by atoms with Gasteiger partial charge in [-0.1, -0.05) is 6.07 Å². The van der Waals surface area contributed by atoms with Crippen LogP contribution in [0.15, 0.2) is 36.4 Å². The molecule has 1 amide bonds. The Bertz CT molecular complexity index is 1030. The van der Waals surface area contributed by atoms with Crippen molar-refractivity contribution in [2.75, 3.05) is 0 Å². The maximum atomic E-state index is 13.4. The van der Waals surface area contributed by atoms with E-state index < -0.39 is 69.8 Å². The van der Waals surface area contributed by atoms with Gasteiger partial charge < -0.3 is 10.4 Å². The first-order valence-corrected chi connectivity index (χ1v) is 8.35. The van der Waals surface area contributed by atoms with Crippen molar-refractivity contribution in [3.05, 3.63) is 74.6 Å². The topological polar surface area (TPSA) is 110 Å². The molecule has 2 rings (SSSR count). The molecule has 0 bridgehead atoms. The van der Waals surface area contributed by atoms with Gasteiger partial charge in [0.05, 0.1) is 16.1 Å². The van der Waals surface area contributed by atoms with Crippen LogP contribution in [0.2, 0.25) is 0 Å². The molecule has 14 heteroatoms. The number of aliphatic carboxylic acids is 1. The normalized spacial score (nSPS) is 12.8. The van der Waals surface area contributed by atoms with Gasteiger partial charge in [0.1, 0.15) is 6.04 Å². The van der Waals surface area contributed by atoms with Gasteiger partial charge in [-0.25, -0.2) is 4.79 Å². The molecule has 2 N–H and O–H groups in total. The molecule has 172 valence electrons. The zero-order valence-electron chi connectivity index (χ0n) is 15.4. The predicted molar refractivity (Wildman–Crippen MR) is 92.1 cm³/mol. The van der Waals surface area contributed by atoms with Gasteiger partial charge in [-0.3, -0.25) is 14.9 Å². The lowest BCUT2D eigenvalue weighted by Crippen LogP contribution is -2.42. The number of nitrogens with zero attached hydrogens (tertiary/aromatic N) is 1. The highest BCUT2D eigenvalue weighted by Gasteiger charge is 2.37. The summed E-state index contributed by atoms with van der Waals surface area (Å²) in [5.41, 5.74) is -5.79. The van der Waals surface area contributed by atoms with E-state index in [9.17, 15) is 55.5 Å². The molecule has 2 aromatic rings. The van der Waals surface area contributed by atoms with Crippen LogP contribution < -0.4 is 5.32 Å². The Morgan fingerprint density at radius 2 is 1.53 bits per heavy atom. The number of nitrogens with one attached hydrogen (secondary N) is 1. The summed E-state index contributed by atoms with van der Waals surface area (Å²) in [4.78, 5) is 33.4. The zero-order chi connectivity index (χ0) is 24.4. The van der Waals surface area contributed by atoms with Crippen molar-refractivity contribution in [2.45, 2.75) is 24.8 Å². The van der Waals surface area contributed by atoms with Crippen molar-refractivity contribution in [1.82, 2.24) is 5.32 Å². The number of carboxylic acids is 1. The van der Waals surface area contributed by atoms with Crippen molar-refractivity contribution in [3.63, 3.8) is 0 Å². The molecule has 7 nitrogen and oxygen atoms in total. The van der Waals surface area contributed by atoms with Crippen LogP contribution in [-0.2, 0) is 23.6 Å². The van der Waals surface area contributed by atoms with Crippen molar-refractivity contribution in [1.29, 1.82) is 0 Å². The van der Waals surface area contributed by atoms with Crippen LogP contribution in [0.4, 0.5) is 36.4 Å². The van der Waals surface area contributed by atoms with Gasteiger partial charge in [0.2, 0.25) is 5.82 Å². The lowest BCUT2D eigenvalue weighted by Gasteiger charge is -2.17. The molecular formula is C18H11F7N2O5. The minimum Gasteiger partial charge on any atom is -0.480 e. The van der Waals surface area contributed by atoms with E-state index >= 15 is 0 Å². The smallest absolute Gasteiger partial charge is 0.416 e. The highest BCUT2D eigenvalue weighted by atomic mass is 19.4. The third-order valence-electron chi connectivity index (χ3n) is 4.10. The summed E-state index contributed by atoms with van der Waals surface area (Å²) in [6, 6.07) is 0.439. The fraction of sp³-hybridized carbons (Fsp3) is 0.222. The first kappa shape index (κ1) is 24.6. The molecule has 0 radical (unpaired) electrons. The molecule has 0 saturated carbocycles. The van der Waals surface area contributed by atoms with E-state index in [0.717, 1.165) is 6.07 Å². The second-order valence-corrected chi connectivity index (χ2v) is 6.41. The van der Waals surface area contributed by atoms with Gasteiger partial charge in [0.25, 0.3) is 5.91 Å². The van der Waals surface area contributed by atoms with Gasteiger partial charge in [0.15, 0.2) is 0 Å². The largest absolute Gasteiger partial charge is 0.480 e. The van der Waals surface area contributed by atoms with Gasteiger partial charge in [0, 0.05) is 18.1 Å². The standard InChI is InChI=1S/C18H11F7N2O5/c19-12-2-1-8(4-14(12)27(31)32)3-13(16(29)30)26-15(28)9-5-10(17(20,21)22)7-11(6-9)18(23,24)25/h1-2,4-7,13H,3H2,(H,26,28)(H,29,30)/t13-/m0/s1. The summed E-state index contributed by atoms with van der Waals surface area (Å²) >= 11 is 0. The van der Waals surface area contributed by atoms with Crippen LogP contribution in [0.5, 0.6) is 0 Å². The van der Waals surface area contributed by atoms with E-state index in [1.54, 1.807) is 5.32 Å². The van der Waals surface area contributed by atoms with Crippen molar-refractivity contribution in [2.24, 2.45) is 0 Å². The number of amides is 1. The molecule has 0 heterocycles. The van der Waals surface area contributed by atoms with E-state index in [4.69, 9.17) is 0 Å². The number of hydrogen-bond donors (Lipinski definition) is 2. The lowest BCUT2D eigenvalue weighted by atomic mass is 10.0. The van der Waals surface area contributed by atoms with Gasteiger partial charge >= 0.3 is 24.0 Å². The minimum atomic E-state index is -5.23. The molecule has 0 aliphatic rings. The third kappa shape index (κ3) is 5.92. The first-order valence-electron chi connectivity index (χ1n) is 8.35. The first-order chi connectivity index (χ1) is 14.6. The van der Waals surface area contributed by atoms with E-state index in [0.29, 0.717) is 12.1 Å². The fourth-order valence-corrected chi connectivity index (χ4v) is 2.59. The Kier molecular flexibility index (Phi) is 6.76. The monoisotopic (exact) mass is 468 g/mol. The number of carboxylic acid groups (broad SMARTS) is 1. The second-order valence-electron chi connectivity index (χ2n) is 6.41. The number of benzene rings is 2. The van der Waals surface area contributed by atoms with Gasteiger partial charge in [-0.05, 0) is 29.8 Å².